The second-order valence-corrected chi connectivity index (χ2v) is 3.41. The first-order valence-electron chi connectivity index (χ1n) is 4.50. The average molecular weight is 235 g/mol. The highest BCUT2D eigenvalue weighted by molar-refractivity contribution is 6.30. The summed E-state index contributed by atoms with van der Waals surface area (Å²) in [6, 6.07) is 9.97. The van der Waals surface area contributed by atoms with Crippen LogP contribution < -0.4 is 4.74 Å². The number of carbonyl (C=O) groups excluding carboxylic acids is 1. The third kappa shape index (κ3) is 2.55. The maximum atomic E-state index is 10.4. The van der Waals surface area contributed by atoms with Gasteiger partial charge in [0, 0.05) is 11.1 Å². The molecule has 0 fully saturated rings. The Labute approximate surface area is 96.8 Å². The van der Waals surface area contributed by atoms with Gasteiger partial charge < -0.3 is 4.74 Å². The third-order valence-corrected chi connectivity index (χ3v) is 2.07. The fourth-order valence-corrected chi connectivity index (χ4v) is 1.20. The van der Waals surface area contributed by atoms with Crippen molar-refractivity contribution >= 4 is 17.9 Å². The SMILES string of the molecule is O=Cc1ccc(Oc2ccc(Cl)cc2)nn1. The molecule has 0 bridgehead atoms. The van der Waals surface area contributed by atoms with Crippen molar-refractivity contribution in [2.45, 2.75) is 0 Å². The highest BCUT2D eigenvalue weighted by Crippen LogP contribution is 2.20. The van der Waals surface area contributed by atoms with Crippen molar-refractivity contribution in [3.05, 3.63) is 47.1 Å². The molecule has 0 aliphatic carbocycles. The van der Waals surface area contributed by atoms with Crippen LogP contribution in [0.1, 0.15) is 10.5 Å². The van der Waals surface area contributed by atoms with Gasteiger partial charge in [-0.25, -0.2) is 0 Å². The molecule has 80 valence electrons. The Kier molecular flexibility index (Phi) is 3.12. The molecular formula is C11H7ClN2O2. The van der Waals surface area contributed by atoms with Gasteiger partial charge in [0.15, 0.2) is 6.29 Å². The molecule has 0 aliphatic heterocycles. The van der Waals surface area contributed by atoms with E-state index in [9.17, 15) is 4.79 Å². The number of aldehydes is 1. The lowest BCUT2D eigenvalue weighted by atomic mass is 10.3. The highest BCUT2D eigenvalue weighted by atomic mass is 35.5. The van der Waals surface area contributed by atoms with Gasteiger partial charge in [-0.15, -0.1) is 10.2 Å². The summed E-state index contributed by atoms with van der Waals surface area (Å²) in [6.45, 7) is 0. The summed E-state index contributed by atoms with van der Waals surface area (Å²) in [7, 11) is 0. The van der Waals surface area contributed by atoms with Crippen LogP contribution in [0.4, 0.5) is 0 Å². The van der Waals surface area contributed by atoms with Crippen LogP contribution in [-0.2, 0) is 0 Å². The zero-order valence-corrected chi connectivity index (χ0v) is 8.89. The molecule has 0 aliphatic rings. The fraction of sp³-hybridized carbons (Fsp3) is 0. The van der Waals surface area contributed by atoms with Gasteiger partial charge >= 0.3 is 0 Å². The van der Waals surface area contributed by atoms with Crippen molar-refractivity contribution in [1.29, 1.82) is 0 Å². The van der Waals surface area contributed by atoms with E-state index in [-0.39, 0.29) is 5.69 Å². The molecule has 0 saturated carbocycles. The van der Waals surface area contributed by atoms with Crippen molar-refractivity contribution in [2.75, 3.05) is 0 Å². The number of aromatic nitrogens is 2. The van der Waals surface area contributed by atoms with Crippen molar-refractivity contribution in [3.63, 3.8) is 0 Å². The van der Waals surface area contributed by atoms with Gasteiger partial charge in [-0.05, 0) is 30.3 Å². The normalized spacial score (nSPS) is 9.81. The lowest BCUT2D eigenvalue weighted by molar-refractivity contribution is 0.111. The van der Waals surface area contributed by atoms with Gasteiger partial charge in [0.05, 0.1) is 0 Å². The molecule has 0 N–H and O–H groups in total. The van der Waals surface area contributed by atoms with E-state index < -0.39 is 0 Å². The molecule has 0 amide bonds. The standard InChI is InChI=1S/C11H7ClN2O2/c12-8-1-4-10(5-2-8)16-11-6-3-9(7-15)13-14-11/h1-7H. The minimum atomic E-state index is 0.267. The minimum absolute atomic E-state index is 0.267. The summed E-state index contributed by atoms with van der Waals surface area (Å²) < 4.78 is 5.38. The summed E-state index contributed by atoms with van der Waals surface area (Å²) in [5.41, 5.74) is 0.267. The maximum absolute atomic E-state index is 10.4. The Bertz CT molecular complexity index is 482. The summed E-state index contributed by atoms with van der Waals surface area (Å²) >= 11 is 5.73. The molecule has 0 spiro atoms. The molecule has 5 heteroatoms. The number of hydrogen-bond acceptors (Lipinski definition) is 4. The Morgan fingerprint density at radius 3 is 2.38 bits per heavy atom. The Morgan fingerprint density at radius 1 is 1.06 bits per heavy atom. The van der Waals surface area contributed by atoms with Crippen LogP contribution in [0.15, 0.2) is 36.4 Å². The Hall–Kier alpha value is -1.94. The van der Waals surface area contributed by atoms with Gasteiger partial charge in [0.25, 0.3) is 0 Å². The predicted molar refractivity (Wildman–Crippen MR) is 58.9 cm³/mol. The number of ether oxygens (including phenoxy) is 1. The van der Waals surface area contributed by atoms with Crippen LogP contribution >= 0.6 is 11.6 Å². The zero-order chi connectivity index (χ0) is 11.4. The third-order valence-electron chi connectivity index (χ3n) is 1.82. The lowest BCUT2D eigenvalue weighted by Crippen LogP contribution is -1.93. The van der Waals surface area contributed by atoms with Gasteiger partial charge in [0.2, 0.25) is 5.88 Å². The maximum Gasteiger partial charge on any atom is 0.238 e. The van der Waals surface area contributed by atoms with Crippen LogP contribution in [0.5, 0.6) is 11.6 Å². The predicted octanol–water partition coefficient (Wildman–Crippen LogP) is 2.73. The minimum Gasteiger partial charge on any atom is -0.438 e. The lowest BCUT2D eigenvalue weighted by Gasteiger charge is -2.03. The summed E-state index contributed by atoms with van der Waals surface area (Å²) in [5, 5.41) is 8.01. The van der Waals surface area contributed by atoms with Crippen LogP contribution in [0.2, 0.25) is 5.02 Å². The van der Waals surface area contributed by atoms with E-state index >= 15 is 0 Å². The quantitative estimate of drug-likeness (QED) is 0.767. The molecule has 0 unspecified atom stereocenters. The number of rotatable bonds is 3. The molecule has 16 heavy (non-hydrogen) atoms. The number of hydrogen-bond donors (Lipinski definition) is 0. The molecule has 2 rings (SSSR count). The molecule has 1 aromatic heterocycles. The van der Waals surface area contributed by atoms with Gasteiger partial charge in [0.1, 0.15) is 11.4 Å². The fourth-order valence-electron chi connectivity index (χ4n) is 1.07. The van der Waals surface area contributed by atoms with E-state index in [1.54, 1.807) is 30.3 Å². The Morgan fingerprint density at radius 2 is 1.81 bits per heavy atom. The molecule has 0 radical (unpaired) electrons. The number of nitrogens with zero attached hydrogens (tertiary/aromatic N) is 2. The van der Waals surface area contributed by atoms with Crippen LogP contribution in [0, 0.1) is 0 Å². The van der Waals surface area contributed by atoms with Crippen LogP contribution in [0.25, 0.3) is 0 Å². The first-order chi connectivity index (χ1) is 7.78. The van der Waals surface area contributed by atoms with Crippen molar-refractivity contribution in [3.8, 4) is 11.6 Å². The van der Waals surface area contributed by atoms with Crippen LogP contribution in [-0.4, -0.2) is 16.5 Å². The number of halogens is 1. The van der Waals surface area contributed by atoms with Gasteiger partial charge in [-0.2, -0.15) is 0 Å². The Balaban J connectivity index is 2.14. The molecular weight excluding hydrogens is 228 g/mol. The van der Waals surface area contributed by atoms with E-state index in [1.165, 1.54) is 6.07 Å². The first-order valence-corrected chi connectivity index (χ1v) is 4.88. The van der Waals surface area contributed by atoms with Gasteiger partial charge in [-0.3, -0.25) is 4.79 Å². The van der Waals surface area contributed by atoms with E-state index in [2.05, 4.69) is 10.2 Å². The molecule has 0 atom stereocenters. The summed E-state index contributed by atoms with van der Waals surface area (Å²) in [4.78, 5) is 10.4. The summed E-state index contributed by atoms with van der Waals surface area (Å²) in [6.07, 6.45) is 0.624. The van der Waals surface area contributed by atoms with Crippen LogP contribution in [0.3, 0.4) is 0 Å². The topological polar surface area (TPSA) is 52.1 Å². The monoisotopic (exact) mass is 234 g/mol. The zero-order valence-electron chi connectivity index (χ0n) is 8.13. The van der Waals surface area contributed by atoms with E-state index in [0.29, 0.717) is 22.9 Å². The second-order valence-electron chi connectivity index (χ2n) is 2.97. The van der Waals surface area contributed by atoms with Gasteiger partial charge in [-0.1, -0.05) is 11.6 Å². The molecule has 1 heterocycles. The largest absolute Gasteiger partial charge is 0.438 e. The van der Waals surface area contributed by atoms with Crippen molar-refractivity contribution in [2.24, 2.45) is 0 Å². The van der Waals surface area contributed by atoms with E-state index in [0.717, 1.165) is 0 Å². The average Bonchev–Trinajstić information content (AvgIpc) is 2.33. The number of carbonyl (C=O) groups is 1. The molecule has 2 aromatic rings. The molecule has 1 aromatic carbocycles. The highest BCUT2D eigenvalue weighted by Gasteiger charge is 1.99. The van der Waals surface area contributed by atoms with E-state index in [1.807, 2.05) is 0 Å². The smallest absolute Gasteiger partial charge is 0.238 e. The van der Waals surface area contributed by atoms with E-state index in [4.69, 9.17) is 16.3 Å². The second kappa shape index (κ2) is 4.72. The molecule has 0 saturated heterocycles. The van der Waals surface area contributed by atoms with Crippen molar-refractivity contribution in [1.82, 2.24) is 10.2 Å². The number of benzene rings is 1. The summed E-state index contributed by atoms with van der Waals surface area (Å²) in [5.74, 6) is 0.936. The first kappa shape index (κ1) is 10.6. The molecule has 4 nitrogen and oxygen atoms in total. The van der Waals surface area contributed by atoms with Crippen molar-refractivity contribution < 1.29 is 9.53 Å².